The molecule has 0 aliphatic heterocycles. The van der Waals surface area contributed by atoms with Crippen LogP contribution in [0.2, 0.25) is 0 Å². The van der Waals surface area contributed by atoms with Crippen molar-refractivity contribution < 1.29 is 14.6 Å². The lowest BCUT2D eigenvalue weighted by molar-refractivity contribution is 0.0694. The van der Waals surface area contributed by atoms with Gasteiger partial charge in [0.2, 0.25) is 0 Å². The second kappa shape index (κ2) is 5.45. The first kappa shape index (κ1) is 13.0. The molecule has 0 fully saturated rings. The van der Waals surface area contributed by atoms with E-state index in [-0.39, 0.29) is 17.3 Å². The molecular formula is C11H6Br2N2O3. The number of carboxylic acids is 1. The van der Waals surface area contributed by atoms with Gasteiger partial charge >= 0.3 is 12.0 Å². The van der Waals surface area contributed by atoms with Crippen LogP contribution in [0.15, 0.2) is 39.5 Å². The predicted octanol–water partition coefficient (Wildman–Crippen LogP) is 3.49. The number of nitrogens with zero attached hydrogens (tertiary/aromatic N) is 2. The molecular weight excluding hydrogens is 368 g/mol. The third-order valence-electron chi connectivity index (χ3n) is 1.97. The van der Waals surface area contributed by atoms with Gasteiger partial charge < -0.3 is 9.84 Å². The molecule has 2 aromatic rings. The second-order valence-electron chi connectivity index (χ2n) is 3.23. The maximum Gasteiger partial charge on any atom is 0.339 e. The van der Waals surface area contributed by atoms with E-state index in [2.05, 4.69) is 41.8 Å². The molecule has 0 spiro atoms. The highest BCUT2D eigenvalue weighted by atomic mass is 79.9. The minimum atomic E-state index is -1.08. The van der Waals surface area contributed by atoms with Crippen molar-refractivity contribution in [2.45, 2.75) is 0 Å². The van der Waals surface area contributed by atoms with Crippen molar-refractivity contribution in [1.29, 1.82) is 0 Å². The van der Waals surface area contributed by atoms with Crippen LogP contribution in [0.1, 0.15) is 10.4 Å². The Morgan fingerprint density at radius 1 is 1.17 bits per heavy atom. The number of benzene rings is 1. The van der Waals surface area contributed by atoms with E-state index in [9.17, 15) is 4.79 Å². The quantitative estimate of drug-likeness (QED) is 0.891. The molecule has 5 nitrogen and oxygen atoms in total. The maximum absolute atomic E-state index is 11.1. The fourth-order valence-corrected chi connectivity index (χ4v) is 1.78. The van der Waals surface area contributed by atoms with Crippen molar-refractivity contribution >= 4 is 37.8 Å². The van der Waals surface area contributed by atoms with Crippen LogP contribution in [0, 0.1) is 0 Å². The zero-order valence-corrected chi connectivity index (χ0v) is 12.0. The summed E-state index contributed by atoms with van der Waals surface area (Å²) in [6, 6.07) is 4.76. The summed E-state index contributed by atoms with van der Waals surface area (Å²) in [6.45, 7) is 0. The molecule has 1 aromatic heterocycles. The first-order chi connectivity index (χ1) is 8.56. The van der Waals surface area contributed by atoms with E-state index in [1.165, 1.54) is 18.5 Å². The van der Waals surface area contributed by atoms with Gasteiger partial charge in [0, 0.05) is 16.9 Å². The molecule has 92 valence electrons. The normalized spacial score (nSPS) is 10.1. The average molecular weight is 374 g/mol. The summed E-state index contributed by atoms with van der Waals surface area (Å²) in [6.07, 6.45) is 3.03. The molecule has 18 heavy (non-hydrogen) atoms. The number of carbonyl (C=O) groups is 1. The zero-order chi connectivity index (χ0) is 13.1. The van der Waals surface area contributed by atoms with Crippen molar-refractivity contribution in [1.82, 2.24) is 9.97 Å². The van der Waals surface area contributed by atoms with Gasteiger partial charge in [-0.05, 0) is 34.1 Å². The van der Waals surface area contributed by atoms with E-state index in [0.717, 1.165) is 0 Å². The van der Waals surface area contributed by atoms with Crippen molar-refractivity contribution in [3.05, 3.63) is 45.1 Å². The molecule has 0 radical (unpaired) electrons. The third-order valence-corrected chi connectivity index (χ3v) is 2.87. The number of hydrogen-bond donors (Lipinski definition) is 1. The summed E-state index contributed by atoms with van der Waals surface area (Å²) in [5.74, 6) is -0.892. The molecule has 0 unspecified atom stereocenters. The van der Waals surface area contributed by atoms with E-state index in [4.69, 9.17) is 9.84 Å². The van der Waals surface area contributed by atoms with Crippen molar-refractivity contribution in [3.8, 4) is 11.8 Å². The molecule has 0 bridgehead atoms. The minimum Gasteiger partial charge on any atom is -0.478 e. The largest absolute Gasteiger partial charge is 0.478 e. The zero-order valence-electron chi connectivity index (χ0n) is 8.80. The van der Waals surface area contributed by atoms with Crippen LogP contribution in [0.5, 0.6) is 11.8 Å². The van der Waals surface area contributed by atoms with Crippen LogP contribution >= 0.6 is 31.9 Å². The topological polar surface area (TPSA) is 72.3 Å². The summed E-state index contributed by atoms with van der Waals surface area (Å²) in [5.41, 5.74) is 0.0379. The first-order valence-corrected chi connectivity index (χ1v) is 6.33. The number of hydrogen-bond acceptors (Lipinski definition) is 4. The van der Waals surface area contributed by atoms with Gasteiger partial charge in [-0.25, -0.2) is 14.8 Å². The standard InChI is InChI=1S/C11H6Br2N2O3/c12-6-1-2-9(8(3-6)10(16)17)18-11-14-4-7(13)5-15-11/h1-5H,(H,16,17). The van der Waals surface area contributed by atoms with Gasteiger partial charge in [-0.3, -0.25) is 0 Å². The van der Waals surface area contributed by atoms with Crippen LogP contribution in [0.4, 0.5) is 0 Å². The highest BCUT2D eigenvalue weighted by molar-refractivity contribution is 9.10. The Morgan fingerprint density at radius 2 is 1.83 bits per heavy atom. The Bertz CT molecular complexity index is 587. The molecule has 0 aliphatic carbocycles. The lowest BCUT2D eigenvalue weighted by atomic mass is 10.2. The number of ether oxygens (including phenoxy) is 1. The van der Waals surface area contributed by atoms with E-state index in [1.54, 1.807) is 12.1 Å². The first-order valence-electron chi connectivity index (χ1n) is 4.74. The van der Waals surface area contributed by atoms with Crippen LogP contribution in [0.25, 0.3) is 0 Å². The highest BCUT2D eigenvalue weighted by Gasteiger charge is 2.13. The van der Waals surface area contributed by atoms with Gasteiger partial charge in [0.05, 0.1) is 4.47 Å². The van der Waals surface area contributed by atoms with Gasteiger partial charge in [-0.1, -0.05) is 15.9 Å². The van der Waals surface area contributed by atoms with E-state index < -0.39 is 5.97 Å². The molecule has 7 heteroatoms. The Morgan fingerprint density at radius 3 is 2.44 bits per heavy atom. The summed E-state index contributed by atoms with van der Waals surface area (Å²) >= 11 is 6.40. The lowest BCUT2D eigenvalue weighted by Gasteiger charge is -2.07. The predicted molar refractivity (Wildman–Crippen MR) is 70.9 cm³/mol. The summed E-state index contributed by atoms with van der Waals surface area (Å²) in [4.78, 5) is 18.9. The van der Waals surface area contributed by atoms with E-state index >= 15 is 0 Å². The summed E-state index contributed by atoms with van der Waals surface area (Å²) in [5, 5.41) is 9.06. The Labute approximate surface area is 119 Å². The number of aromatic nitrogens is 2. The number of rotatable bonds is 3. The molecule has 0 atom stereocenters. The highest BCUT2D eigenvalue weighted by Crippen LogP contribution is 2.26. The third kappa shape index (κ3) is 3.05. The smallest absolute Gasteiger partial charge is 0.339 e. The monoisotopic (exact) mass is 372 g/mol. The molecule has 1 heterocycles. The van der Waals surface area contributed by atoms with Crippen LogP contribution in [-0.2, 0) is 0 Å². The molecule has 2 rings (SSSR count). The van der Waals surface area contributed by atoms with Gasteiger partial charge in [-0.15, -0.1) is 0 Å². The summed E-state index contributed by atoms with van der Waals surface area (Å²) in [7, 11) is 0. The average Bonchev–Trinajstić information content (AvgIpc) is 2.34. The second-order valence-corrected chi connectivity index (χ2v) is 5.06. The van der Waals surface area contributed by atoms with Crippen molar-refractivity contribution in [2.75, 3.05) is 0 Å². The molecule has 0 amide bonds. The minimum absolute atomic E-state index is 0.0379. The Hall–Kier alpha value is -1.47. The fourth-order valence-electron chi connectivity index (χ4n) is 1.21. The number of halogens is 2. The van der Waals surface area contributed by atoms with Gasteiger partial charge in [0.25, 0.3) is 0 Å². The fraction of sp³-hybridized carbons (Fsp3) is 0. The Kier molecular flexibility index (Phi) is 3.93. The summed E-state index contributed by atoms with van der Waals surface area (Å²) < 4.78 is 6.70. The molecule has 1 N–H and O–H groups in total. The van der Waals surface area contributed by atoms with E-state index in [1.807, 2.05) is 0 Å². The SMILES string of the molecule is O=C(O)c1cc(Br)ccc1Oc1ncc(Br)cn1. The van der Waals surface area contributed by atoms with Gasteiger partial charge in [0.1, 0.15) is 11.3 Å². The molecule has 0 saturated carbocycles. The van der Waals surface area contributed by atoms with Gasteiger partial charge in [-0.2, -0.15) is 0 Å². The van der Waals surface area contributed by atoms with Crippen LogP contribution < -0.4 is 4.74 Å². The van der Waals surface area contributed by atoms with Crippen LogP contribution in [-0.4, -0.2) is 21.0 Å². The van der Waals surface area contributed by atoms with Crippen molar-refractivity contribution in [3.63, 3.8) is 0 Å². The maximum atomic E-state index is 11.1. The van der Waals surface area contributed by atoms with Crippen LogP contribution in [0.3, 0.4) is 0 Å². The van der Waals surface area contributed by atoms with Gasteiger partial charge in [0.15, 0.2) is 0 Å². The number of aromatic carboxylic acids is 1. The van der Waals surface area contributed by atoms with Crippen molar-refractivity contribution in [2.24, 2.45) is 0 Å². The molecule has 1 aromatic carbocycles. The lowest BCUT2D eigenvalue weighted by Crippen LogP contribution is -2.01. The van der Waals surface area contributed by atoms with E-state index in [0.29, 0.717) is 8.95 Å². The number of carboxylic acid groups (broad SMARTS) is 1. The molecule has 0 aliphatic rings. The molecule has 0 saturated heterocycles. The Balaban J connectivity index is 2.34.